The number of ketones is 1. The average molecular weight is 444 g/mol. The van der Waals surface area contributed by atoms with Gasteiger partial charge in [0.25, 0.3) is 0 Å². The summed E-state index contributed by atoms with van der Waals surface area (Å²) in [6, 6.07) is 16.2. The number of hydrogen-bond donors (Lipinski definition) is 1. The highest BCUT2D eigenvalue weighted by Gasteiger charge is 2.17. The van der Waals surface area contributed by atoms with Crippen molar-refractivity contribution in [3.05, 3.63) is 77.2 Å². The maximum Gasteiger partial charge on any atom is 0.200 e. The Labute approximate surface area is 193 Å². The molecule has 0 saturated carbocycles. The number of hydrogen-bond acceptors (Lipinski definition) is 6. The normalized spacial score (nSPS) is 11.0. The van der Waals surface area contributed by atoms with Crippen molar-refractivity contribution in [1.29, 1.82) is 0 Å². The van der Waals surface area contributed by atoms with E-state index in [1.165, 1.54) is 5.56 Å². The lowest BCUT2D eigenvalue weighted by Crippen LogP contribution is -2.11. The molecule has 0 aliphatic heterocycles. The summed E-state index contributed by atoms with van der Waals surface area (Å²) in [5, 5.41) is 8.73. The largest absolute Gasteiger partial charge is 0.497 e. The molecule has 0 spiro atoms. The van der Waals surface area contributed by atoms with E-state index in [4.69, 9.17) is 4.74 Å². The Balaban J connectivity index is 1.66. The number of ether oxygens (including phenoxy) is 1. The topological polar surface area (TPSA) is 81.9 Å². The lowest BCUT2D eigenvalue weighted by atomic mass is 10.1. The first-order valence-corrected chi connectivity index (χ1v) is 11.3. The minimum absolute atomic E-state index is 0.0469. The van der Waals surface area contributed by atoms with Crippen LogP contribution in [-0.4, -0.2) is 32.6 Å². The molecule has 2 aromatic heterocycles. The molecule has 0 unspecified atom stereocenters. The van der Waals surface area contributed by atoms with E-state index in [-0.39, 0.29) is 11.6 Å². The maximum absolute atomic E-state index is 12.8. The number of anilines is 1. The Hall–Kier alpha value is -3.74. The summed E-state index contributed by atoms with van der Waals surface area (Å²) in [5.41, 5.74) is 4.06. The van der Waals surface area contributed by atoms with E-state index in [1.807, 2.05) is 28.9 Å². The van der Waals surface area contributed by atoms with Crippen molar-refractivity contribution in [1.82, 2.24) is 19.7 Å². The van der Waals surface area contributed by atoms with Gasteiger partial charge in [0.05, 0.1) is 25.2 Å². The highest BCUT2D eigenvalue weighted by molar-refractivity contribution is 5.96. The van der Waals surface area contributed by atoms with Gasteiger partial charge in [0.2, 0.25) is 0 Å². The number of benzene rings is 2. The molecule has 0 fully saturated rings. The molecular formula is C26H29N5O2. The van der Waals surface area contributed by atoms with Crippen molar-refractivity contribution in [2.75, 3.05) is 12.4 Å². The number of carbonyl (C=O) groups excluding carboxylic acids is 1. The molecule has 1 N–H and O–H groups in total. The third-order valence-corrected chi connectivity index (χ3v) is 5.57. The minimum atomic E-state index is -0.0469. The minimum Gasteiger partial charge on any atom is -0.497 e. The van der Waals surface area contributed by atoms with Gasteiger partial charge in [-0.2, -0.15) is 5.10 Å². The summed E-state index contributed by atoms with van der Waals surface area (Å²) in [7, 11) is 1.65. The molecule has 0 aliphatic rings. The number of aryl methyl sites for hydroxylation is 1. The molecule has 4 rings (SSSR count). The SMILES string of the molecule is CCCCC(=O)c1nc(NCc2ccc(OC)cc2)c2cnn(Cc3ccc(C)cc3)c2n1. The van der Waals surface area contributed by atoms with Gasteiger partial charge >= 0.3 is 0 Å². The van der Waals surface area contributed by atoms with Crippen LogP contribution in [0.2, 0.25) is 0 Å². The first-order valence-electron chi connectivity index (χ1n) is 11.3. The Morgan fingerprint density at radius 1 is 1.03 bits per heavy atom. The molecule has 0 radical (unpaired) electrons. The average Bonchev–Trinajstić information content (AvgIpc) is 3.25. The van der Waals surface area contributed by atoms with Crippen LogP contribution in [0, 0.1) is 6.92 Å². The zero-order chi connectivity index (χ0) is 23.2. The fourth-order valence-corrected chi connectivity index (χ4v) is 3.58. The predicted molar refractivity (Wildman–Crippen MR) is 130 cm³/mol. The zero-order valence-corrected chi connectivity index (χ0v) is 19.3. The van der Waals surface area contributed by atoms with Crippen LogP contribution >= 0.6 is 0 Å². The van der Waals surface area contributed by atoms with Crippen LogP contribution in [0.3, 0.4) is 0 Å². The summed E-state index contributed by atoms with van der Waals surface area (Å²) < 4.78 is 7.06. The number of methoxy groups -OCH3 is 1. The van der Waals surface area contributed by atoms with Crippen molar-refractivity contribution < 1.29 is 9.53 Å². The molecule has 7 nitrogen and oxygen atoms in total. The molecule has 33 heavy (non-hydrogen) atoms. The molecule has 0 bridgehead atoms. The van der Waals surface area contributed by atoms with Gasteiger partial charge in [-0.15, -0.1) is 0 Å². The van der Waals surface area contributed by atoms with Crippen LogP contribution < -0.4 is 10.1 Å². The van der Waals surface area contributed by atoms with E-state index in [0.717, 1.165) is 35.1 Å². The lowest BCUT2D eigenvalue weighted by molar-refractivity contribution is 0.0970. The second-order valence-electron chi connectivity index (χ2n) is 8.15. The number of fused-ring (bicyclic) bond motifs is 1. The fraction of sp³-hybridized carbons (Fsp3) is 0.308. The van der Waals surface area contributed by atoms with Crippen LogP contribution in [-0.2, 0) is 13.1 Å². The second-order valence-corrected chi connectivity index (χ2v) is 8.15. The van der Waals surface area contributed by atoms with E-state index in [2.05, 4.69) is 58.5 Å². The number of unbranched alkanes of at least 4 members (excludes halogenated alkanes) is 1. The van der Waals surface area contributed by atoms with Gasteiger partial charge in [-0.3, -0.25) is 4.79 Å². The highest BCUT2D eigenvalue weighted by Crippen LogP contribution is 2.23. The van der Waals surface area contributed by atoms with Gasteiger partial charge in [0, 0.05) is 13.0 Å². The second kappa shape index (κ2) is 10.3. The Morgan fingerprint density at radius 3 is 2.45 bits per heavy atom. The number of carbonyl (C=O) groups is 1. The zero-order valence-electron chi connectivity index (χ0n) is 19.3. The smallest absolute Gasteiger partial charge is 0.200 e. The molecule has 0 atom stereocenters. The molecule has 7 heteroatoms. The molecular weight excluding hydrogens is 414 g/mol. The van der Waals surface area contributed by atoms with Crippen LogP contribution in [0.25, 0.3) is 11.0 Å². The van der Waals surface area contributed by atoms with Gasteiger partial charge in [-0.05, 0) is 36.6 Å². The van der Waals surface area contributed by atoms with Gasteiger partial charge in [-0.25, -0.2) is 14.6 Å². The van der Waals surface area contributed by atoms with E-state index < -0.39 is 0 Å². The van der Waals surface area contributed by atoms with E-state index in [0.29, 0.717) is 31.0 Å². The third-order valence-electron chi connectivity index (χ3n) is 5.57. The van der Waals surface area contributed by atoms with Crippen LogP contribution in [0.1, 0.15) is 53.5 Å². The standard InChI is InChI=1S/C26H29N5O2/c1-4-5-6-23(32)25-29-24(27-15-19-11-13-21(33-3)14-12-19)22-16-28-31(26(22)30-25)17-20-9-7-18(2)8-10-20/h7-14,16H,4-6,15,17H2,1-3H3,(H,27,29,30). The molecule has 2 heterocycles. The monoisotopic (exact) mass is 443 g/mol. The maximum atomic E-state index is 12.8. The molecule has 0 amide bonds. The molecule has 2 aromatic carbocycles. The number of rotatable bonds is 10. The third kappa shape index (κ3) is 5.37. The molecule has 4 aromatic rings. The van der Waals surface area contributed by atoms with Crippen molar-refractivity contribution in [2.45, 2.75) is 46.2 Å². The van der Waals surface area contributed by atoms with E-state index >= 15 is 0 Å². The number of aromatic nitrogens is 4. The summed E-state index contributed by atoms with van der Waals surface area (Å²) in [6.07, 6.45) is 3.96. The Bertz CT molecular complexity index is 1230. The molecule has 170 valence electrons. The Morgan fingerprint density at radius 2 is 1.76 bits per heavy atom. The van der Waals surface area contributed by atoms with Crippen LogP contribution in [0.5, 0.6) is 5.75 Å². The van der Waals surface area contributed by atoms with E-state index in [1.54, 1.807) is 13.3 Å². The van der Waals surface area contributed by atoms with Gasteiger partial charge < -0.3 is 10.1 Å². The van der Waals surface area contributed by atoms with Crippen LogP contribution in [0.4, 0.5) is 5.82 Å². The van der Waals surface area contributed by atoms with E-state index in [9.17, 15) is 4.79 Å². The van der Waals surface area contributed by atoms with Crippen LogP contribution in [0.15, 0.2) is 54.7 Å². The summed E-state index contributed by atoms with van der Waals surface area (Å²) in [5.74, 6) is 1.61. The fourth-order valence-electron chi connectivity index (χ4n) is 3.58. The van der Waals surface area contributed by atoms with Crippen molar-refractivity contribution in [3.63, 3.8) is 0 Å². The number of nitrogens with zero attached hydrogens (tertiary/aromatic N) is 4. The van der Waals surface area contributed by atoms with Gasteiger partial charge in [0.1, 0.15) is 11.6 Å². The quantitative estimate of drug-likeness (QED) is 0.340. The summed E-state index contributed by atoms with van der Waals surface area (Å²) in [6.45, 7) is 5.26. The van der Waals surface area contributed by atoms with Crippen molar-refractivity contribution in [3.8, 4) is 5.75 Å². The highest BCUT2D eigenvalue weighted by atomic mass is 16.5. The first-order chi connectivity index (χ1) is 16.1. The molecule has 0 aliphatic carbocycles. The first kappa shape index (κ1) is 22.5. The number of Topliss-reactive ketones (excluding diaryl/α,β-unsaturated/α-hetero) is 1. The van der Waals surface area contributed by atoms with Gasteiger partial charge in [-0.1, -0.05) is 55.3 Å². The summed E-state index contributed by atoms with van der Waals surface area (Å²) in [4.78, 5) is 22.0. The van der Waals surface area contributed by atoms with Gasteiger partial charge in [0.15, 0.2) is 17.3 Å². The molecule has 0 saturated heterocycles. The summed E-state index contributed by atoms with van der Waals surface area (Å²) >= 11 is 0. The Kier molecular flexibility index (Phi) is 6.98. The number of nitrogens with one attached hydrogen (secondary N) is 1. The predicted octanol–water partition coefficient (Wildman–Crippen LogP) is 5.18. The van der Waals surface area contributed by atoms with Crippen molar-refractivity contribution >= 4 is 22.6 Å². The lowest BCUT2D eigenvalue weighted by Gasteiger charge is -2.10. The van der Waals surface area contributed by atoms with Crippen molar-refractivity contribution in [2.24, 2.45) is 0 Å².